The fourth-order valence-corrected chi connectivity index (χ4v) is 3.73. The van der Waals surface area contributed by atoms with Gasteiger partial charge in [0.1, 0.15) is 0 Å². The molecule has 1 aliphatic heterocycles. The third-order valence-corrected chi connectivity index (χ3v) is 5.37. The lowest BCUT2D eigenvalue weighted by Gasteiger charge is -2.27. The Morgan fingerprint density at radius 3 is 2.60 bits per heavy atom. The number of carbonyl (C=O) groups is 2. The molecule has 7 nitrogen and oxygen atoms in total. The molecule has 2 N–H and O–H groups in total. The van der Waals surface area contributed by atoms with Crippen LogP contribution in [0.25, 0.3) is 0 Å². The lowest BCUT2D eigenvalue weighted by atomic mass is 9.97. The second-order valence-corrected chi connectivity index (χ2v) is 7.88. The first kappa shape index (κ1) is 22.4. The normalized spacial score (nSPS) is 15.4. The van der Waals surface area contributed by atoms with Crippen LogP contribution in [0.3, 0.4) is 0 Å². The Balaban J connectivity index is 1.84. The van der Waals surface area contributed by atoms with Crippen LogP contribution in [0.2, 0.25) is 0 Å². The van der Waals surface area contributed by atoms with Crippen molar-refractivity contribution in [2.45, 2.75) is 6.04 Å². The average Bonchev–Trinajstić information content (AvgIpc) is 2.77. The SMILES string of the molecule is COC(=O)CNC(c1ccccc1)c1cc(Br)ccc1NC(=O)CN1CCOCC1. The van der Waals surface area contributed by atoms with Gasteiger partial charge in [-0.2, -0.15) is 0 Å². The summed E-state index contributed by atoms with van der Waals surface area (Å²) in [5.41, 5.74) is 2.53. The second-order valence-electron chi connectivity index (χ2n) is 6.97. The summed E-state index contributed by atoms with van der Waals surface area (Å²) in [7, 11) is 1.36. The molecule has 1 unspecified atom stereocenters. The summed E-state index contributed by atoms with van der Waals surface area (Å²) in [6, 6.07) is 15.2. The molecule has 8 heteroatoms. The highest BCUT2D eigenvalue weighted by Gasteiger charge is 2.21. The van der Waals surface area contributed by atoms with E-state index in [-0.39, 0.29) is 24.5 Å². The van der Waals surface area contributed by atoms with Crippen molar-refractivity contribution in [1.82, 2.24) is 10.2 Å². The minimum atomic E-state index is -0.358. The molecule has 1 fully saturated rings. The molecule has 160 valence electrons. The summed E-state index contributed by atoms with van der Waals surface area (Å²) in [6.07, 6.45) is 0. The molecule has 1 saturated heterocycles. The van der Waals surface area contributed by atoms with Crippen LogP contribution in [0.5, 0.6) is 0 Å². The zero-order chi connectivity index (χ0) is 21.3. The highest BCUT2D eigenvalue weighted by atomic mass is 79.9. The van der Waals surface area contributed by atoms with Crippen LogP contribution in [0.4, 0.5) is 5.69 Å². The number of morpholine rings is 1. The summed E-state index contributed by atoms with van der Waals surface area (Å²) in [5.74, 6) is -0.441. The molecule has 0 aliphatic carbocycles. The number of esters is 1. The highest BCUT2D eigenvalue weighted by molar-refractivity contribution is 9.10. The van der Waals surface area contributed by atoms with Gasteiger partial charge in [0.25, 0.3) is 0 Å². The summed E-state index contributed by atoms with van der Waals surface area (Å²) in [4.78, 5) is 26.5. The number of ether oxygens (including phenoxy) is 2. The van der Waals surface area contributed by atoms with Crippen molar-refractivity contribution < 1.29 is 19.1 Å². The van der Waals surface area contributed by atoms with Crippen LogP contribution in [0.1, 0.15) is 17.2 Å². The zero-order valence-electron chi connectivity index (χ0n) is 16.9. The molecule has 30 heavy (non-hydrogen) atoms. The van der Waals surface area contributed by atoms with Crippen molar-refractivity contribution in [3.05, 3.63) is 64.1 Å². The number of hydrogen-bond donors (Lipinski definition) is 2. The third kappa shape index (κ3) is 6.37. The second kappa shape index (κ2) is 11.2. The third-order valence-electron chi connectivity index (χ3n) is 4.88. The van der Waals surface area contributed by atoms with Gasteiger partial charge in [-0.1, -0.05) is 46.3 Å². The van der Waals surface area contributed by atoms with Gasteiger partial charge in [-0.05, 0) is 29.3 Å². The number of hydrogen-bond acceptors (Lipinski definition) is 6. The quantitative estimate of drug-likeness (QED) is 0.571. The Labute approximate surface area is 184 Å². The van der Waals surface area contributed by atoms with Crippen LogP contribution >= 0.6 is 15.9 Å². The standard InChI is InChI=1S/C22H26BrN3O4/c1-29-21(28)14-24-22(16-5-3-2-4-6-16)18-13-17(23)7-8-19(18)25-20(27)15-26-9-11-30-12-10-26/h2-8,13,22,24H,9-12,14-15H2,1H3,(H,25,27). The highest BCUT2D eigenvalue weighted by Crippen LogP contribution is 2.31. The van der Waals surface area contributed by atoms with E-state index in [1.165, 1.54) is 7.11 Å². The van der Waals surface area contributed by atoms with Crippen LogP contribution < -0.4 is 10.6 Å². The maximum Gasteiger partial charge on any atom is 0.319 e. The minimum Gasteiger partial charge on any atom is -0.468 e. The molecule has 1 amide bonds. The average molecular weight is 476 g/mol. The molecule has 2 aromatic rings. The van der Waals surface area contributed by atoms with Gasteiger partial charge in [-0.25, -0.2) is 0 Å². The molecule has 0 saturated carbocycles. The van der Waals surface area contributed by atoms with E-state index in [4.69, 9.17) is 9.47 Å². The predicted octanol–water partition coefficient (Wildman–Crippen LogP) is 2.57. The first-order valence-corrected chi connectivity index (χ1v) is 10.6. The number of anilines is 1. The van der Waals surface area contributed by atoms with E-state index in [9.17, 15) is 9.59 Å². The van der Waals surface area contributed by atoms with Crippen LogP contribution in [0.15, 0.2) is 53.0 Å². The smallest absolute Gasteiger partial charge is 0.319 e. The molecular weight excluding hydrogens is 450 g/mol. The lowest BCUT2D eigenvalue weighted by molar-refractivity contribution is -0.139. The monoisotopic (exact) mass is 475 g/mol. The van der Waals surface area contributed by atoms with Crippen molar-refractivity contribution in [1.29, 1.82) is 0 Å². The van der Waals surface area contributed by atoms with Crippen molar-refractivity contribution in [2.75, 3.05) is 51.8 Å². The summed E-state index contributed by atoms with van der Waals surface area (Å²) < 4.78 is 11.0. The van der Waals surface area contributed by atoms with Crippen molar-refractivity contribution in [3.63, 3.8) is 0 Å². The Hall–Kier alpha value is -2.26. The lowest BCUT2D eigenvalue weighted by Crippen LogP contribution is -2.41. The largest absolute Gasteiger partial charge is 0.468 e. The molecule has 0 bridgehead atoms. The number of carbonyl (C=O) groups excluding carboxylic acids is 2. The van der Waals surface area contributed by atoms with Gasteiger partial charge in [0.05, 0.1) is 39.5 Å². The van der Waals surface area contributed by atoms with Gasteiger partial charge in [0, 0.05) is 23.2 Å². The first-order valence-electron chi connectivity index (χ1n) is 9.81. The molecular formula is C22H26BrN3O4. The molecule has 1 aliphatic rings. The van der Waals surface area contributed by atoms with Crippen LogP contribution in [-0.4, -0.2) is 63.3 Å². The van der Waals surface area contributed by atoms with Crippen molar-refractivity contribution >= 4 is 33.5 Å². The van der Waals surface area contributed by atoms with Crippen molar-refractivity contribution in [2.24, 2.45) is 0 Å². The minimum absolute atomic E-state index is 0.0454. The molecule has 1 heterocycles. The van der Waals surface area contributed by atoms with E-state index >= 15 is 0 Å². The number of rotatable bonds is 8. The Morgan fingerprint density at radius 1 is 1.17 bits per heavy atom. The molecule has 0 spiro atoms. The fraction of sp³-hybridized carbons (Fsp3) is 0.364. The molecule has 0 aromatic heterocycles. The maximum atomic E-state index is 12.7. The first-order chi connectivity index (χ1) is 14.6. The van der Waals surface area contributed by atoms with E-state index in [0.29, 0.717) is 25.4 Å². The number of nitrogens with zero attached hydrogens (tertiary/aromatic N) is 1. The van der Waals surface area contributed by atoms with Gasteiger partial charge in [-0.3, -0.25) is 19.8 Å². The zero-order valence-corrected chi connectivity index (χ0v) is 18.5. The molecule has 3 rings (SSSR count). The van der Waals surface area contributed by atoms with Gasteiger partial charge in [0.15, 0.2) is 0 Å². The topological polar surface area (TPSA) is 79.9 Å². The number of methoxy groups -OCH3 is 1. The van der Waals surface area contributed by atoms with E-state index in [0.717, 1.165) is 28.7 Å². The summed E-state index contributed by atoms with van der Waals surface area (Å²) in [5, 5.41) is 6.29. The Bertz CT molecular complexity index is 857. The predicted molar refractivity (Wildman–Crippen MR) is 118 cm³/mol. The van der Waals surface area contributed by atoms with Gasteiger partial charge in [-0.15, -0.1) is 0 Å². The Kier molecular flexibility index (Phi) is 8.39. The van der Waals surface area contributed by atoms with E-state index in [2.05, 4.69) is 31.5 Å². The van der Waals surface area contributed by atoms with E-state index in [1.54, 1.807) is 0 Å². The summed E-state index contributed by atoms with van der Waals surface area (Å²) >= 11 is 3.52. The van der Waals surface area contributed by atoms with E-state index in [1.807, 2.05) is 48.5 Å². The number of halogens is 1. The van der Waals surface area contributed by atoms with Gasteiger partial charge < -0.3 is 14.8 Å². The number of amides is 1. The van der Waals surface area contributed by atoms with Crippen LogP contribution in [0, 0.1) is 0 Å². The molecule has 1 atom stereocenters. The number of benzene rings is 2. The van der Waals surface area contributed by atoms with Crippen LogP contribution in [-0.2, 0) is 19.1 Å². The fourth-order valence-electron chi connectivity index (χ4n) is 3.35. The van der Waals surface area contributed by atoms with E-state index < -0.39 is 0 Å². The van der Waals surface area contributed by atoms with Gasteiger partial charge >= 0.3 is 5.97 Å². The molecule has 2 aromatic carbocycles. The number of nitrogens with one attached hydrogen (secondary N) is 2. The van der Waals surface area contributed by atoms with Crippen molar-refractivity contribution in [3.8, 4) is 0 Å². The maximum absolute atomic E-state index is 12.7. The Morgan fingerprint density at radius 2 is 1.90 bits per heavy atom. The molecule has 0 radical (unpaired) electrons. The van der Waals surface area contributed by atoms with Gasteiger partial charge in [0.2, 0.25) is 5.91 Å². The summed E-state index contributed by atoms with van der Waals surface area (Å²) in [6.45, 7) is 3.13.